The molecule has 0 aliphatic heterocycles. The van der Waals surface area contributed by atoms with Gasteiger partial charge in [0.2, 0.25) is 0 Å². The molecule has 0 saturated carbocycles. The predicted octanol–water partition coefficient (Wildman–Crippen LogP) is 8.55. The zero-order valence-electron chi connectivity index (χ0n) is 21.3. The molecule has 0 atom stereocenters. The molecule has 0 heterocycles. The number of carbonyl (C=O) groups is 1. The average molecular weight is 503 g/mol. The van der Waals surface area contributed by atoms with E-state index in [2.05, 4.69) is 44.2 Å². The number of allylic oxidation sites excluding steroid dienone is 9. The lowest BCUT2D eigenvalue weighted by Gasteiger charge is -2.32. The molecular weight excluding hydrogens is 469 g/mol. The molecule has 194 valence electrons. The van der Waals surface area contributed by atoms with Crippen molar-refractivity contribution in [2.75, 3.05) is 0 Å². The maximum Gasteiger partial charge on any atom is 0.573 e. The number of benzene rings is 1. The van der Waals surface area contributed by atoms with Crippen molar-refractivity contribution >= 4 is 11.7 Å². The molecular formula is C29H33F3O4. The number of halogens is 3. The van der Waals surface area contributed by atoms with E-state index in [1.165, 1.54) is 30.1 Å². The molecule has 4 nitrogen and oxygen atoms in total. The second-order valence-corrected chi connectivity index (χ2v) is 9.50. The van der Waals surface area contributed by atoms with Crippen molar-refractivity contribution in [2.24, 2.45) is 5.41 Å². The maximum atomic E-state index is 12.4. The Balaban J connectivity index is 2.06. The lowest BCUT2D eigenvalue weighted by molar-refractivity contribution is -0.274. The van der Waals surface area contributed by atoms with E-state index in [0.717, 1.165) is 30.2 Å². The van der Waals surface area contributed by atoms with Gasteiger partial charge in [-0.05, 0) is 74.8 Å². The second kappa shape index (κ2) is 12.0. The Bertz CT molecular complexity index is 1150. The van der Waals surface area contributed by atoms with Crippen LogP contribution in [0.5, 0.6) is 11.5 Å². The van der Waals surface area contributed by atoms with Gasteiger partial charge in [-0.1, -0.05) is 62.0 Å². The smallest absolute Gasteiger partial charge is 0.508 e. The highest BCUT2D eigenvalue weighted by Crippen LogP contribution is 2.40. The molecule has 0 bridgehead atoms. The first-order valence-corrected chi connectivity index (χ1v) is 11.6. The minimum absolute atomic E-state index is 0.147. The van der Waals surface area contributed by atoms with E-state index < -0.39 is 23.8 Å². The summed E-state index contributed by atoms with van der Waals surface area (Å²) in [4.78, 5) is 12.3. The van der Waals surface area contributed by atoms with Gasteiger partial charge in [-0.3, -0.25) is 0 Å². The molecule has 0 unspecified atom stereocenters. The minimum Gasteiger partial charge on any atom is -0.508 e. The number of aliphatic hydroxyl groups is 1. The summed E-state index contributed by atoms with van der Waals surface area (Å²) < 4.78 is 46.3. The zero-order valence-corrected chi connectivity index (χ0v) is 21.3. The topological polar surface area (TPSA) is 55.8 Å². The van der Waals surface area contributed by atoms with Crippen molar-refractivity contribution in [1.29, 1.82) is 0 Å². The third kappa shape index (κ3) is 8.95. The van der Waals surface area contributed by atoms with Gasteiger partial charge in [0.1, 0.15) is 17.3 Å². The van der Waals surface area contributed by atoms with E-state index in [0.29, 0.717) is 5.57 Å². The summed E-state index contributed by atoms with van der Waals surface area (Å²) in [6, 6.07) is 2.96. The Kier molecular flexibility index (Phi) is 9.56. The summed E-state index contributed by atoms with van der Waals surface area (Å²) >= 11 is 0. The third-order valence-corrected chi connectivity index (χ3v) is 5.83. The molecule has 1 N–H and O–H groups in total. The summed E-state index contributed by atoms with van der Waals surface area (Å²) in [6.45, 7) is 13.7. The van der Waals surface area contributed by atoms with Crippen LogP contribution < -0.4 is 9.47 Å². The largest absolute Gasteiger partial charge is 0.573 e. The highest BCUT2D eigenvalue weighted by atomic mass is 19.4. The van der Waals surface area contributed by atoms with Crippen molar-refractivity contribution in [3.05, 3.63) is 89.1 Å². The Morgan fingerprint density at radius 1 is 1.17 bits per heavy atom. The number of ether oxygens (including phenoxy) is 2. The van der Waals surface area contributed by atoms with Gasteiger partial charge in [0.15, 0.2) is 0 Å². The van der Waals surface area contributed by atoms with Gasteiger partial charge in [-0.25, -0.2) is 4.79 Å². The molecule has 1 aliphatic rings. The molecule has 36 heavy (non-hydrogen) atoms. The number of hydrogen-bond donors (Lipinski definition) is 1. The van der Waals surface area contributed by atoms with Crippen molar-refractivity contribution in [2.45, 2.75) is 60.2 Å². The molecule has 1 aliphatic carbocycles. The van der Waals surface area contributed by atoms with Gasteiger partial charge in [0.05, 0.1) is 5.56 Å². The standard InChI is InChI=1S/C29H33F3O4/c1-19(12-14-25-21(3)11-8-16-28(25,5)6)9-7-10-20(2)17-27(34)35-26-15-13-23(36-29(30,31)32)18-24(26)22(4)33/h7,9-10,12-15,17-18,33H,4,8,11,16H2,1-3,5-6H3/b10-7+,14-12+,19-9+,20-17+. The highest BCUT2D eigenvalue weighted by molar-refractivity contribution is 5.86. The first-order valence-electron chi connectivity index (χ1n) is 11.6. The van der Waals surface area contributed by atoms with Gasteiger partial charge in [-0.15, -0.1) is 13.2 Å². The van der Waals surface area contributed by atoms with Crippen molar-refractivity contribution < 1.29 is 32.5 Å². The van der Waals surface area contributed by atoms with Gasteiger partial charge in [-0.2, -0.15) is 0 Å². The molecule has 1 aromatic carbocycles. The molecule has 0 radical (unpaired) electrons. The lowest BCUT2D eigenvalue weighted by atomic mass is 9.72. The van der Waals surface area contributed by atoms with Crippen LogP contribution in [0.25, 0.3) is 5.76 Å². The maximum absolute atomic E-state index is 12.4. The van der Waals surface area contributed by atoms with E-state index >= 15 is 0 Å². The molecule has 7 heteroatoms. The number of alkyl halides is 3. The van der Waals surface area contributed by atoms with E-state index in [1.54, 1.807) is 13.0 Å². The van der Waals surface area contributed by atoms with Crippen LogP contribution >= 0.6 is 0 Å². The summed E-state index contributed by atoms with van der Waals surface area (Å²) in [5, 5.41) is 9.70. The fraction of sp³-hybridized carbons (Fsp3) is 0.345. The Morgan fingerprint density at radius 2 is 1.86 bits per heavy atom. The van der Waals surface area contributed by atoms with Crippen LogP contribution in [0.1, 0.15) is 59.4 Å². The quantitative estimate of drug-likeness (QED) is 0.127. The molecule has 0 fully saturated rings. The summed E-state index contributed by atoms with van der Waals surface area (Å²) in [6.07, 6.45) is 9.61. The van der Waals surface area contributed by atoms with Crippen LogP contribution in [-0.2, 0) is 4.79 Å². The lowest BCUT2D eigenvalue weighted by Crippen LogP contribution is -2.19. The fourth-order valence-electron chi connectivity index (χ4n) is 4.02. The summed E-state index contributed by atoms with van der Waals surface area (Å²) in [5.74, 6) is -2.04. The van der Waals surface area contributed by atoms with Crippen molar-refractivity contribution in [3.8, 4) is 11.5 Å². The number of esters is 1. The monoisotopic (exact) mass is 502 g/mol. The summed E-state index contributed by atoms with van der Waals surface area (Å²) in [7, 11) is 0. The summed E-state index contributed by atoms with van der Waals surface area (Å²) in [5.41, 5.74) is 4.44. The number of rotatable bonds is 8. The van der Waals surface area contributed by atoms with E-state index in [-0.39, 0.29) is 16.7 Å². The van der Waals surface area contributed by atoms with Crippen molar-refractivity contribution in [3.63, 3.8) is 0 Å². The third-order valence-electron chi connectivity index (χ3n) is 5.83. The van der Waals surface area contributed by atoms with Gasteiger partial charge in [0.25, 0.3) is 0 Å². The Labute approximate surface area is 210 Å². The van der Waals surface area contributed by atoms with E-state index in [9.17, 15) is 23.1 Å². The number of aliphatic hydroxyl groups excluding tert-OH is 1. The van der Waals surface area contributed by atoms with Crippen LogP contribution in [0.15, 0.2) is 83.5 Å². The molecule has 2 rings (SSSR count). The normalized spacial score (nSPS) is 17.1. The molecule has 0 saturated heterocycles. The molecule has 0 aromatic heterocycles. The van der Waals surface area contributed by atoms with E-state index in [1.807, 2.05) is 19.1 Å². The van der Waals surface area contributed by atoms with Crippen molar-refractivity contribution in [1.82, 2.24) is 0 Å². The minimum atomic E-state index is -4.90. The first kappa shape index (κ1) is 28.8. The second-order valence-electron chi connectivity index (χ2n) is 9.50. The SMILES string of the molecule is C=C(O)c1cc(OC(F)(F)F)ccc1OC(=O)/C=C(C)/C=C/C=C(C)/C=C/C1=C(C)CCCC1(C)C. The highest BCUT2D eigenvalue weighted by Gasteiger charge is 2.31. The van der Waals surface area contributed by atoms with Gasteiger partial charge in [0, 0.05) is 6.08 Å². The van der Waals surface area contributed by atoms with Crippen LogP contribution in [0.2, 0.25) is 0 Å². The fourth-order valence-corrected chi connectivity index (χ4v) is 4.02. The molecule has 0 spiro atoms. The first-order chi connectivity index (χ1) is 16.7. The zero-order chi connectivity index (χ0) is 27.1. The van der Waals surface area contributed by atoms with Crippen LogP contribution in [-0.4, -0.2) is 17.4 Å². The van der Waals surface area contributed by atoms with Gasteiger partial charge >= 0.3 is 12.3 Å². The molecule has 1 aromatic rings. The van der Waals surface area contributed by atoms with Crippen LogP contribution in [0.3, 0.4) is 0 Å². The Hall–Kier alpha value is -3.48. The Morgan fingerprint density at radius 3 is 2.47 bits per heavy atom. The van der Waals surface area contributed by atoms with Crippen LogP contribution in [0, 0.1) is 5.41 Å². The predicted molar refractivity (Wildman–Crippen MR) is 137 cm³/mol. The van der Waals surface area contributed by atoms with Gasteiger partial charge < -0.3 is 14.6 Å². The van der Waals surface area contributed by atoms with E-state index in [4.69, 9.17) is 4.74 Å². The number of hydrogen-bond acceptors (Lipinski definition) is 4. The average Bonchev–Trinajstić information content (AvgIpc) is 2.72. The molecule has 0 amide bonds. The number of carbonyl (C=O) groups excluding carboxylic acids is 1. The van der Waals surface area contributed by atoms with Crippen LogP contribution in [0.4, 0.5) is 13.2 Å².